The Labute approximate surface area is 110 Å². The summed E-state index contributed by atoms with van der Waals surface area (Å²) in [6.45, 7) is 9.68. The number of hydrogen-bond donors (Lipinski definition) is 1. The number of anilines is 1. The molecule has 2 rings (SSSR count). The van der Waals surface area contributed by atoms with Crippen LogP contribution >= 0.6 is 0 Å². The maximum atomic E-state index is 4.46. The zero-order valence-electron chi connectivity index (χ0n) is 11.7. The molecule has 1 aliphatic rings. The van der Waals surface area contributed by atoms with Crippen LogP contribution in [-0.2, 0) is 0 Å². The fraction of sp³-hybridized carbons (Fsp3) is 0.714. The molecule has 0 bridgehead atoms. The Kier molecular flexibility index (Phi) is 4.53. The molecular weight excluding hydrogens is 224 g/mol. The molecule has 2 heterocycles. The molecule has 1 N–H and O–H groups in total. The SMILES string of the molecule is Cc1cnc(N(CC(C)C)CC2CCCN2)nc1. The van der Waals surface area contributed by atoms with E-state index in [4.69, 9.17) is 0 Å². The Morgan fingerprint density at radius 3 is 2.67 bits per heavy atom. The maximum Gasteiger partial charge on any atom is 0.225 e. The predicted octanol–water partition coefficient (Wildman–Crippen LogP) is 2.00. The Bertz CT molecular complexity index is 355. The largest absolute Gasteiger partial charge is 0.339 e. The first kappa shape index (κ1) is 13.3. The van der Waals surface area contributed by atoms with Gasteiger partial charge in [0, 0.05) is 31.5 Å². The molecule has 4 nitrogen and oxygen atoms in total. The molecule has 1 saturated heterocycles. The molecular formula is C14H24N4. The van der Waals surface area contributed by atoms with Gasteiger partial charge in [0.15, 0.2) is 0 Å². The molecule has 1 aromatic heterocycles. The molecule has 0 aromatic carbocycles. The number of nitrogens with one attached hydrogen (secondary N) is 1. The van der Waals surface area contributed by atoms with Crippen LogP contribution in [0.3, 0.4) is 0 Å². The van der Waals surface area contributed by atoms with Crippen LogP contribution in [0.2, 0.25) is 0 Å². The van der Waals surface area contributed by atoms with Crippen LogP contribution in [0.5, 0.6) is 0 Å². The van der Waals surface area contributed by atoms with Gasteiger partial charge >= 0.3 is 0 Å². The van der Waals surface area contributed by atoms with Gasteiger partial charge in [0.1, 0.15) is 0 Å². The summed E-state index contributed by atoms with van der Waals surface area (Å²) in [7, 11) is 0. The van der Waals surface area contributed by atoms with Crippen LogP contribution in [0, 0.1) is 12.8 Å². The van der Waals surface area contributed by atoms with Gasteiger partial charge in [-0.15, -0.1) is 0 Å². The van der Waals surface area contributed by atoms with E-state index in [-0.39, 0.29) is 0 Å². The summed E-state index contributed by atoms with van der Waals surface area (Å²) in [5.74, 6) is 1.49. The second-order valence-corrected chi connectivity index (χ2v) is 5.65. The average molecular weight is 248 g/mol. The highest BCUT2D eigenvalue weighted by molar-refractivity contribution is 5.30. The minimum atomic E-state index is 0.591. The van der Waals surface area contributed by atoms with Crippen molar-refractivity contribution < 1.29 is 0 Å². The van der Waals surface area contributed by atoms with E-state index in [0.717, 1.165) is 31.1 Å². The molecule has 100 valence electrons. The Morgan fingerprint density at radius 2 is 2.11 bits per heavy atom. The highest BCUT2D eigenvalue weighted by atomic mass is 15.3. The number of hydrogen-bond acceptors (Lipinski definition) is 4. The summed E-state index contributed by atoms with van der Waals surface area (Å²) in [5.41, 5.74) is 1.11. The molecule has 1 atom stereocenters. The van der Waals surface area contributed by atoms with E-state index >= 15 is 0 Å². The third-order valence-electron chi connectivity index (χ3n) is 3.24. The van der Waals surface area contributed by atoms with Gasteiger partial charge in [0.25, 0.3) is 0 Å². The summed E-state index contributed by atoms with van der Waals surface area (Å²) in [4.78, 5) is 11.2. The summed E-state index contributed by atoms with van der Waals surface area (Å²) in [6.07, 6.45) is 6.35. The van der Waals surface area contributed by atoms with Crippen LogP contribution in [0.1, 0.15) is 32.3 Å². The van der Waals surface area contributed by atoms with Crippen molar-refractivity contribution in [1.82, 2.24) is 15.3 Å². The summed E-state index contributed by atoms with van der Waals surface area (Å²) < 4.78 is 0. The summed E-state index contributed by atoms with van der Waals surface area (Å²) in [6, 6.07) is 0.591. The van der Waals surface area contributed by atoms with Crippen LogP contribution in [0.25, 0.3) is 0 Å². The second kappa shape index (κ2) is 6.14. The van der Waals surface area contributed by atoms with Gasteiger partial charge in [-0.3, -0.25) is 0 Å². The minimum Gasteiger partial charge on any atom is -0.339 e. The van der Waals surface area contributed by atoms with Crippen LogP contribution in [0.4, 0.5) is 5.95 Å². The zero-order chi connectivity index (χ0) is 13.0. The quantitative estimate of drug-likeness (QED) is 0.865. The molecule has 1 fully saturated rings. The van der Waals surface area contributed by atoms with Gasteiger partial charge in [-0.05, 0) is 37.8 Å². The fourth-order valence-electron chi connectivity index (χ4n) is 2.41. The Morgan fingerprint density at radius 1 is 1.39 bits per heavy atom. The Balaban J connectivity index is 2.05. The van der Waals surface area contributed by atoms with Crippen molar-refractivity contribution in [2.45, 2.75) is 39.7 Å². The zero-order valence-corrected chi connectivity index (χ0v) is 11.7. The lowest BCUT2D eigenvalue weighted by atomic mass is 10.1. The minimum absolute atomic E-state index is 0.591. The van der Waals surface area contributed by atoms with E-state index < -0.39 is 0 Å². The lowest BCUT2D eigenvalue weighted by molar-refractivity contribution is 0.533. The van der Waals surface area contributed by atoms with Gasteiger partial charge in [0.05, 0.1) is 0 Å². The number of rotatable bonds is 5. The van der Waals surface area contributed by atoms with Gasteiger partial charge in [0.2, 0.25) is 5.95 Å². The van der Waals surface area contributed by atoms with E-state index in [1.54, 1.807) is 0 Å². The van der Waals surface area contributed by atoms with E-state index in [2.05, 4.69) is 34.0 Å². The lowest BCUT2D eigenvalue weighted by Gasteiger charge is -2.27. The fourth-order valence-corrected chi connectivity index (χ4v) is 2.41. The average Bonchev–Trinajstić information content (AvgIpc) is 2.81. The first-order chi connectivity index (χ1) is 8.65. The van der Waals surface area contributed by atoms with Crippen molar-refractivity contribution in [3.63, 3.8) is 0 Å². The van der Waals surface area contributed by atoms with Crippen LogP contribution < -0.4 is 10.2 Å². The monoisotopic (exact) mass is 248 g/mol. The van der Waals surface area contributed by atoms with Crippen molar-refractivity contribution in [2.24, 2.45) is 5.92 Å². The van der Waals surface area contributed by atoms with Crippen molar-refractivity contribution in [3.05, 3.63) is 18.0 Å². The van der Waals surface area contributed by atoms with Gasteiger partial charge in [-0.1, -0.05) is 13.8 Å². The van der Waals surface area contributed by atoms with E-state index in [9.17, 15) is 0 Å². The molecule has 0 spiro atoms. The molecule has 1 aliphatic heterocycles. The third kappa shape index (κ3) is 3.67. The first-order valence-corrected chi connectivity index (χ1v) is 6.92. The third-order valence-corrected chi connectivity index (χ3v) is 3.24. The van der Waals surface area contributed by atoms with Gasteiger partial charge in [-0.25, -0.2) is 9.97 Å². The Hall–Kier alpha value is -1.16. The van der Waals surface area contributed by atoms with Crippen LogP contribution in [-0.4, -0.2) is 35.6 Å². The number of aryl methyl sites for hydroxylation is 1. The highest BCUT2D eigenvalue weighted by Crippen LogP contribution is 2.14. The molecule has 4 heteroatoms. The smallest absolute Gasteiger partial charge is 0.225 e. The molecule has 1 aromatic rings. The molecule has 0 amide bonds. The molecule has 0 saturated carbocycles. The van der Waals surface area contributed by atoms with Crippen molar-refractivity contribution in [1.29, 1.82) is 0 Å². The van der Waals surface area contributed by atoms with E-state index in [0.29, 0.717) is 12.0 Å². The molecule has 0 radical (unpaired) electrons. The van der Waals surface area contributed by atoms with Gasteiger partial charge in [-0.2, -0.15) is 0 Å². The normalized spacial score (nSPS) is 19.4. The van der Waals surface area contributed by atoms with Crippen molar-refractivity contribution in [3.8, 4) is 0 Å². The number of aromatic nitrogens is 2. The predicted molar refractivity (Wildman–Crippen MR) is 74.8 cm³/mol. The lowest BCUT2D eigenvalue weighted by Crippen LogP contribution is -2.40. The van der Waals surface area contributed by atoms with Crippen LogP contribution in [0.15, 0.2) is 12.4 Å². The second-order valence-electron chi connectivity index (χ2n) is 5.65. The van der Waals surface area contributed by atoms with E-state index in [1.807, 2.05) is 19.3 Å². The first-order valence-electron chi connectivity index (χ1n) is 6.92. The molecule has 18 heavy (non-hydrogen) atoms. The molecule has 1 unspecified atom stereocenters. The van der Waals surface area contributed by atoms with E-state index in [1.165, 1.54) is 12.8 Å². The standard InChI is InChI=1S/C14H24N4/c1-11(2)9-18(10-13-5-4-6-15-13)14-16-7-12(3)8-17-14/h7-8,11,13,15H,4-6,9-10H2,1-3H3. The molecule has 0 aliphatic carbocycles. The number of nitrogens with zero attached hydrogens (tertiary/aromatic N) is 3. The summed E-state index contributed by atoms with van der Waals surface area (Å²) in [5, 5.41) is 3.54. The summed E-state index contributed by atoms with van der Waals surface area (Å²) >= 11 is 0. The van der Waals surface area contributed by atoms with Crippen molar-refractivity contribution >= 4 is 5.95 Å². The topological polar surface area (TPSA) is 41.1 Å². The maximum absolute atomic E-state index is 4.46. The van der Waals surface area contributed by atoms with Crippen molar-refractivity contribution in [2.75, 3.05) is 24.5 Å². The van der Waals surface area contributed by atoms with Gasteiger partial charge < -0.3 is 10.2 Å². The highest BCUT2D eigenvalue weighted by Gasteiger charge is 2.20.